The zero-order chi connectivity index (χ0) is 19.4. The number of amides is 2. The Morgan fingerprint density at radius 3 is 2.48 bits per heavy atom. The number of para-hydroxylation sites is 1. The van der Waals surface area contributed by atoms with E-state index < -0.39 is 0 Å². The second-order valence-corrected chi connectivity index (χ2v) is 7.58. The molecule has 0 aliphatic carbocycles. The van der Waals surface area contributed by atoms with Gasteiger partial charge in [-0.1, -0.05) is 32.0 Å². The number of piperidine rings is 1. The first-order valence-electron chi connectivity index (χ1n) is 9.58. The number of likely N-dealkylation sites (tertiary alicyclic amines) is 1. The van der Waals surface area contributed by atoms with E-state index in [2.05, 4.69) is 5.10 Å². The first-order valence-corrected chi connectivity index (χ1v) is 9.58. The van der Waals surface area contributed by atoms with E-state index in [1.54, 1.807) is 11.1 Å². The largest absolute Gasteiger partial charge is 0.342 e. The highest BCUT2D eigenvalue weighted by molar-refractivity contribution is 5.80. The fourth-order valence-corrected chi connectivity index (χ4v) is 3.54. The Kier molecular flexibility index (Phi) is 5.94. The summed E-state index contributed by atoms with van der Waals surface area (Å²) in [5.74, 6) is 0.346. The van der Waals surface area contributed by atoms with E-state index in [1.807, 2.05) is 67.0 Å². The van der Waals surface area contributed by atoms with E-state index in [0.717, 1.165) is 24.1 Å². The fraction of sp³-hybridized carbons (Fsp3) is 0.476. The van der Waals surface area contributed by atoms with Crippen LogP contribution in [0.2, 0.25) is 0 Å². The molecule has 2 aromatic rings. The molecule has 0 spiro atoms. The highest BCUT2D eigenvalue weighted by Crippen LogP contribution is 2.21. The maximum absolute atomic E-state index is 12.8. The number of rotatable bonds is 5. The van der Waals surface area contributed by atoms with Crippen LogP contribution in [0.1, 0.15) is 32.3 Å². The van der Waals surface area contributed by atoms with Gasteiger partial charge >= 0.3 is 0 Å². The monoisotopic (exact) mass is 368 g/mol. The van der Waals surface area contributed by atoms with Crippen LogP contribution in [0.15, 0.2) is 42.7 Å². The number of aromatic nitrogens is 2. The highest BCUT2D eigenvalue weighted by atomic mass is 16.2. The summed E-state index contributed by atoms with van der Waals surface area (Å²) in [6.45, 7) is 5.73. The van der Waals surface area contributed by atoms with Gasteiger partial charge in [0.15, 0.2) is 0 Å². The molecule has 0 atom stereocenters. The molecule has 0 bridgehead atoms. The third-order valence-electron chi connectivity index (χ3n) is 5.10. The lowest BCUT2D eigenvalue weighted by atomic mass is 9.94. The molecule has 0 N–H and O–H groups in total. The van der Waals surface area contributed by atoms with Crippen molar-refractivity contribution in [2.24, 2.45) is 11.8 Å². The predicted octanol–water partition coefficient (Wildman–Crippen LogP) is 2.73. The van der Waals surface area contributed by atoms with E-state index in [9.17, 15) is 9.59 Å². The normalized spacial score (nSPS) is 15.2. The van der Waals surface area contributed by atoms with Gasteiger partial charge in [-0.15, -0.1) is 0 Å². The summed E-state index contributed by atoms with van der Waals surface area (Å²) in [6.07, 6.45) is 5.25. The molecule has 6 nitrogen and oxygen atoms in total. The van der Waals surface area contributed by atoms with Crippen molar-refractivity contribution in [3.63, 3.8) is 0 Å². The van der Waals surface area contributed by atoms with Crippen molar-refractivity contribution in [3.8, 4) is 5.69 Å². The van der Waals surface area contributed by atoms with Crippen molar-refractivity contribution in [1.29, 1.82) is 0 Å². The lowest BCUT2D eigenvalue weighted by molar-refractivity contribution is -0.141. The Morgan fingerprint density at radius 1 is 1.19 bits per heavy atom. The average molecular weight is 368 g/mol. The van der Waals surface area contributed by atoms with Gasteiger partial charge in [-0.2, -0.15) is 5.10 Å². The second kappa shape index (κ2) is 8.37. The number of carbonyl (C=O) groups is 2. The molecule has 1 saturated heterocycles. The zero-order valence-corrected chi connectivity index (χ0v) is 16.3. The van der Waals surface area contributed by atoms with Crippen molar-refractivity contribution >= 4 is 11.8 Å². The Morgan fingerprint density at radius 2 is 1.85 bits per heavy atom. The molecule has 1 aliphatic heterocycles. The van der Waals surface area contributed by atoms with Crippen LogP contribution < -0.4 is 0 Å². The number of nitrogens with zero attached hydrogens (tertiary/aromatic N) is 4. The van der Waals surface area contributed by atoms with E-state index >= 15 is 0 Å². The van der Waals surface area contributed by atoms with Crippen molar-refractivity contribution in [1.82, 2.24) is 19.6 Å². The molecule has 1 aromatic carbocycles. The fourth-order valence-electron chi connectivity index (χ4n) is 3.54. The molecule has 3 rings (SSSR count). The van der Waals surface area contributed by atoms with Crippen molar-refractivity contribution in [2.75, 3.05) is 20.1 Å². The molecular weight excluding hydrogens is 340 g/mol. The first kappa shape index (κ1) is 19.1. The maximum atomic E-state index is 12.8. The number of benzene rings is 1. The van der Waals surface area contributed by atoms with Gasteiger partial charge in [0, 0.05) is 50.3 Å². The van der Waals surface area contributed by atoms with Crippen LogP contribution in [-0.2, 0) is 16.1 Å². The van der Waals surface area contributed by atoms with Crippen LogP contribution in [0, 0.1) is 11.8 Å². The van der Waals surface area contributed by atoms with Crippen LogP contribution in [-0.4, -0.2) is 51.5 Å². The number of hydrogen-bond acceptors (Lipinski definition) is 3. The zero-order valence-electron chi connectivity index (χ0n) is 16.3. The van der Waals surface area contributed by atoms with Crippen LogP contribution in [0.3, 0.4) is 0 Å². The molecule has 0 saturated carbocycles. The van der Waals surface area contributed by atoms with E-state index in [-0.39, 0.29) is 23.7 Å². The summed E-state index contributed by atoms with van der Waals surface area (Å²) in [4.78, 5) is 28.5. The minimum atomic E-state index is -0.00428. The molecule has 27 heavy (non-hydrogen) atoms. The third-order valence-corrected chi connectivity index (χ3v) is 5.10. The molecule has 2 heterocycles. The van der Waals surface area contributed by atoms with Crippen LogP contribution in [0.4, 0.5) is 0 Å². The van der Waals surface area contributed by atoms with Crippen LogP contribution in [0.5, 0.6) is 0 Å². The van der Waals surface area contributed by atoms with Gasteiger partial charge in [-0.25, -0.2) is 4.68 Å². The van der Waals surface area contributed by atoms with Crippen molar-refractivity contribution in [3.05, 3.63) is 48.3 Å². The van der Waals surface area contributed by atoms with E-state index in [1.165, 1.54) is 0 Å². The Labute approximate surface area is 160 Å². The molecule has 1 fully saturated rings. The Balaban J connectivity index is 1.54. The van der Waals surface area contributed by atoms with Crippen LogP contribution in [0.25, 0.3) is 5.69 Å². The lowest BCUT2D eigenvalue weighted by Crippen LogP contribution is -2.44. The molecule has 2 amide bonds. The standard InChI is InChI=1S/C21H28N4O2/c1-16(2)20(26)24-11-9-18(10-12-24)21(27)23(3)14-17-13-22-25(15-17)19-7-5-4-6-8-19/h4-8,13,15-16,18H,9-12,14H2,1-3H3. The minimum Gasteiger partial charge on any atom is -0.342 e. The maximum Gasteiger partial charge on any atom is 0.225 e. The van der Waals surface area contributed by atoms with Crippen molar-refractivity contribution in [2.45, 2.75) is 33.2 Å². The lowest BCUT2D eigenvalue weighted by Gasteiger charge is -2.34. The molecule has 144 valence electrons. The second-order valence-electron chi connectivity index (χ2n) is 7.58. The summed E-state index contributed by atoms with van der Waals surface area (Å²) >= 11 is 0. The quantitative estimate of drug-likeness (QED) is 0.815. The summed E-state index contributed by atoms with van der Waals surface area (Å²) in [5.41, 5.74) is 2.00. The minimum absolute atomic E-state index is 0.00428. The summed E-state index contributed by atoms with van der Waals surface area (Å²) in [6, 6.07) is 9.92. The van der Waals surface area contributed by atoms with E-state index in [0.29, 0.717) is 19.6 Å². The molecule has 0 unspecified atom stereocenters. The summed E-state index contributed by atoms with van der Waals surface area (Å²) in [5, 5.41) is 4.39. The predicted molar refractivity (Wildman–Crippen MR) is 104 cm³/mol. The Hall–Kier alpha value is -2.63. The van der Waals surface area contributed by atoms with Crippen molar-refractivity contribution < 1.29 is 9.59 Å². The van der Waals surface area contributed by atoms with Gasteiger partial charge in [0.05, 0.1) is 11.9 Å². The van der Waals surface area contributed by atoms with Crippen LogP contribution >= 0.6 is 0 Å². The van der Waals surface area contributed by atoms with Gasteiger partial charge in [-0.3, -0.25) is 9.59 Å². The van der Waals surface area contributed by atoms with Gasteiger partial charge in [-0.05, 0) is 25.0 Å². The number of hydrogen-bond donors (Lipinski definition) is 0. The number of carbonyl (C=O) groups excluding carboxylic acids is 2. The SMILES string of the molecule is CC(C)C(=O)N1CCC(C(=O)N(C)Cc2cnn(-c3ccccc3)c2)CC1. The highest BCUT2D eigenvalue weighted by Gasteiger charge is 2.29. The molecule has 1 aliphatic rings. The van der Waals surface area contributed by atoms with Gasteiger partial charge < -0.3 is 9.80 Å². The molecule has 6 heteroatoms. The first-order chi connectivity index (χ1) is 13.0. The van der Waals surface area contributed by atoms with Gasteiger partial charge in [0.1, 0.15) is 0 Å². The third kappa shape index (κ3) is 4.56. The van der Waals surface area contributed by atoms with E-state index in [4.69, 9.17) is 0 Å². The summed E-state index contributed by atoms with van der Waals surface area (Å²) < 4.78 is 1.82. The smallest absolute Gasteiger partial charge is 0.225 e. The average Bonchev–Trinajstić information content (AvgIpc) is 3.16. The molecule has 1 aromatic heterocycles. The summed E-state index contributed by atoms with van der Waals surface area (Å²) in [7, 11) is 1.84. The Bertz CT molecular complexity index is 776. The topological polar surface area (TPSA) is 58.4 Å². The molecule has 0 radical (unpaired) electrons. The van der Waals surface area contributed by atoms with Gasteiger partial charge in [0.2, 0.25) is 11.8 Å². The van der Waals surface area contributed by atoms with Gasteiger partial charge in [0.25, 0.3) is 0 Å². The molecular formula is C21H28N4O2.